The third kappa shape index (κ3) is 8.32. The molecule has 0 aliphatic carbocycles. The predicted molar refractivity (Wildman–Crippen MR) is 167 cm³/mol. The molecule has 230 valence electrons. The summed E-state index contributed by atoms with van der Waals surface area (Å²) in [6, 6.07) is 24.1. The molecule has 4 aromatic rings. The van der Waals surface area contributed by atoms with Crippen LogP contribution in [0, 0.1) is 5.92 Å². The highest BCUT2D eigenvalue weighted by molar-refractivity contribution is 7.99. The molecule has 5 atom stereocenters. The maximum absolute atomic E-state index is 12.6. The van der Waals surface area contributed by atoms with Crippen molar-refractivity contribution < 1.29 is 24.2 Å². The number of nitrogens with zero attached hydrogens (tertiary/aromatic N) is 2. The van der Waals surface area contributed by atoms with Crippen molar-refractivity contribution in [2.45, 2.75) is 63.1 Å². The highest BCUT2D eigenvalue weighted by atomic mass is 32.2. The number of carbonyl (C=O) groups is 2. The molecule has 1 saturated heterocycles. The first-order valence-electron chi connectivity index (χ1n) is 14.6. The molecule has 1 aromatic heterocycles. The third-order valence-corrected chi connectivity index (χ3v) is 8.65. The summed E-state index contributed by atoms with van der Waals surface area (Å²) >= 11 is 1.55. The molecule has 4 N–H and O–H groups in total. The fourth-order valence-electron chi connectivity index (χ4n) is 5.07. The summed E-state index contributed by atoms with van der Waals surface area (Å²) in [7, 11) is 0. The standard InChI is InChI=1S/C33H37N5O5S/c1-21-29(19-44-33-35-20-36-38-33)42-31(43-30(21)26-12-10-25(18-39)11-13-26)27-14-8-24(9-15-27)17-34-32(41)37-28(22(2)40)16-23-6-4-3-5-7-23/h3-15,20-21,28-31,39H,16-19H2,1-2H3,(H2,34,37,41)(H,35,36,38)/t21-,28+,29+,30+,31?/m0/s1. The monoisotopic (exact) mass is 615 g/mol. The Morgan fingerprint density at radius 3 is 2.32 bits per heavy atom. The van der Waals surface area contributed by atoms with Crippen LogP contribution in [0.4, 0.5) is 4.79 Å². The second-order valence-electron chi connectivity index (χ2n) is 10.8. The average molecular weight is 616 g/mol. The number of benzene rings is 3. The van der Waals surface area contributed by atoms with Crippen LogP contribution in [-0.2, 0) is 33.8 Å². The van der Waals surface area contributed by atoms with E-state index in [4.69, 9.17) is 9.47 Å². The van der Waals surface area contributed by atoms with Gasteiger partial charge in [0, 0.05) is 23.8 Å². The first-order valence-corrected chi connectivity index (χ1v) is 15.5. The maximum atomic E-state index is 12.6. The molecule has 5 rings (SSSR count). The Morgan fingerprint density at radius 2 is 1.66 bits per heavy atom. The van der Waals surface area contributed by atoms with E-state index in [2.05, 4.69) is 32.7 Å². The maximum Gasteiger partial charge on any atom is 0.315 e. The van der Waals surface area contributed by atoms with Crippen molar-refractivity contribution in [1.82, 2.24) is 25.8 Å². The van der Waals surface area contributed by atoms with E-state index in [9.17, 15) is 14.7 Å². The molecule has 0 radical (unpaired) electrons. The summed E-state index contributed by atoms with van der Waals surface area (Å²) in [4.78, 5) is 29.0. The summed E-state index contributed by atoms with van der Waals surface area (Å²) < 4.78 is 13.0. The fourth-order valence-corrected chi connectivity index (χ4v) is 6.01. The van der Waals surface area contributed by atoms with Gasteiger partial charge in [0.25, 0.3) is 0 Å². The molecule has 11 heteroatoms. The van der Waals surface area contributed by atoms with Gasteiger partial charge in [0.2, 0.25) is 0 Å². The number of hydrogen-bond donors (Lipinski definition) is 4. The largest absolute Gasteiger partial charge is 0.392 e. The van der Waals surface area contributed by atoms with E-state index >= 15 is 0 Å². The second-order valence-corrected chi connectivity index (χ2v) is 11.9. The summed E-state index contributed by atoms with van der Waals surface area (Å²) in [6.45, 7) is 3.87. The highest BCUT2D eigenvalue weighted by Crippen LogP contribution is 2.42. The Hall–Kier alpha value is -4.03. The predicted octanol–water partition coefficient (Wildman–Crippen LogP) is 4.88. The number of aliphatic hydroxyl groups is 1. The molecule has 0 saturated carbocycles. The van der Waals surface area contributed by atoms with Crippen LogP contribution in [0.15, 0.2) is 90.3 Å². The van der Waals surface area contributed by atoms with Crippen LogP contribution in [-0.4, -0.2) is 50.0 Å². The van der Waals surface area contributed by atoms with Crippen molar-refractivity contribution >= 4 is 23.6 Å². The normalized spacial score (nSPS) is 20.5. The molecular weight excluding hydrogens is 578 g/mol. The fraction of sp³-hybridized carbons (Fsp3) is 0.333. The first kappa shape index (κ1) is 31.4. The molecule has 2 heterocycles. The van der Waals surface area contributed by atoms with E-state index in [1.54, 1.807) is 11.8 Å². The zero-order valence-electron chi connectivity index (χ0n) is 24.7. The minimum absolute atomic E-state index is 0.0165. The number of carbonyl (C=O) groups excluding carboxylic acids is 2. The van der Waals surface area contributed by atoms with Gasteiger partial charge in [-0.25, -0.2) is 9.78 Å². The number of ketones is 1. The lowest BCUT2D eigenvalue weighted by Gasteiger charge is -2.41. The van der Waals surface area contributed by atoms with E-state index < -0.39 is 18.4 Å². The second kappa shape index (κ2) is 15.1. The van der Waals surface area contributed by atoms with Crippen LogP contribution in [0.5, 0.6) is 0 Å². The average Bonchev–Trinajstić information content (AvgIpc) is 3.58. The number of Topliss-reactive ketones (excluding diaryl/α,β-unsaturated/α-hetero) is 1. The molecule has 3 aromatic carbocycles. The Labute approximate surface area is 261 Å². The van der Waals surface area contributed by atoms with Crippen LogP contribution in [0.3, 0.4) is 0 Å². The number of rotatable bonds is 12. The van der Waals surface area contributed by atoms with Gasteiger partial charge in [-0.05, 0) is 35.6 Å². The lowest BCUT2D eigenvalue weighted by molar-refractivity contribution is -0.268. The van der Waals surface area contributed by atoms with Crippen LogP contribution in [0.25, 0.3) is 0 Å². The molecule has 2 amide bonds. The molecule has 0 bridgehead atoms. The van der Waals surface area contributed by atoms with E-state index in [1.807, 2.05) is 78.9 Å². The first-order chi connectivity index (χ1) is 21.4. The van der Waals surface area contributed by atoms with E-state index in [0.29, 0.717) is 18.7 Å². The number of hydrogen-bond acceptors (Lipinski definition) is 8. The molecule has 1 aliphatic heterocycles. The van der Waals surface area contributed by atoms with Crippen molar-refractivity contribution in [2.24, 2.45) is 5.92 Å². The number of urea groups is 1. The van der Waals surface area contributed by atoms with Crippen molar-refractivity contribution in [2.75, 3.05) is 5.75 Å². The number of aromatic nitrogens is 3. The highest BCUT2D eigenvalue weighted by Gasteiger charge is 2.38. The number of nitrogens with one attached hydrogen (secondary N) is 3. The zero-order chi connectivity index (χ0) is 30.9. The summed E-state index contributed by atoms with van der Waals surface area (Å²) in [5.74, 6) is 0.601. The van der Waals surface area contributed by atoms with Gasteiger partial charge in [0.05, 0.1) is 24.9 Å². The Balaban J connectivity index is 1.22. The van der Waals surface area contributed by atoms with E-state index in [0.717, 1.165) is 33.0 Å². The molecular formula is C33H37N5O5S. The number of aromatic amines is 1. The van der Waals surface area contributed by atoms with Gasteiger partial charge in [-0.2, -0.15) is 5.10 Å². The van der Waals surface area contributed by atoms with Crippen LogP contribution >= 0.6 is 11.8 Å². The van der Waals surface area contributed by atoms with Gasteiger partial charge in [-0.1, -0.05) is 97.5 Å². The van der Waals surface area contributed by atoms with Gasteiger partial charge in [-0.3, -0.25) is 9.89 Å². The number of ether oxygens (including phenoxy) is 2. The number of H-pyrrole nitrogens is 1. The molecule has 1 fully saturated rings. The van der Waals surface area contributed by atoms with Gasteiger partial charge in [-0.15, -0.1) is 0 Å². The lowest BCUT2D eigenvalue weighted by atomic mass is 9.91. The number of aliphatic hydroxyl groups excluding tert-OH is 1. The smallest absolute Gasteiger partial charge is 0.315 e. The van der Waals surface area contributed by atoms with Gasteiger partial charge < -0.3 is 25.2 Å². The van der Waals surface area contributed by atoms with Crippen molar-refractivity contribution in [3.05, 3.63) is 113 Å². The molecule has 44 heavy (non-hydrogen) atoms. The van der Waals surface area contributed by atoms with Crippen LogP contribution < -0.4 is 10.6 Å². The summed E-state index contributed by atoms with van der Waals surface area (Å²) in [5, 5.41) is 22.7. The van der Waals surface area contributed by atoms with Gasteiger partial charge in [0.15, 0.2) is 17.2 Å². The Morgan fingerprint density at radius 1 is 0.955 bits per heavy atom. The lowest BCUT2D eigenvalue weighted by Crippen LogP contribution is -2.46. The SMILES string of the molecule is CC(=O)[C@@H](Cc1ccccc1)NC(=O)NCc1ccc(C2O[C@H](CSc3ncn[nH]3)[C@H](C)[C@H](c3ccc(CO)cc3)O2)cc1. The van der Waals surface area contributed by atoms with E-state index in [1.165, 1.54) is 13.3 Å². The van der Waals surface area contributed by atoms with Crippen LogP contribution in [0.1, 0.15) is 54.1 Å². The van der Waals surface area contributed by atoms with Crippen molar-refractivity contribution in [1.29, 1.82) is 0 Å². The number of amides is 2. The van der Waals surface area contributed by atoms with E-state index in [-0.39, 0.29) is 30.5 Å². The minimum atomic E-state index is -0.606. The summed E-state index contributed by atoms with van der Waals surface area (Å²) in [6.07, 6.45) is 0.951. The van der Waals surface area contributed by atoms with Crippen molar-refractivity contribution in [3.8, 4) is 0 Å². The van der Waals surface area contributed by atoms with Crippen molar-refractivity contribution in [3.63, 3.8) is 0 Å². The number of thioether (sulfide) groups is 1. The Bertz CT molecular complexity index is 1490. The molecule has 0 spiro atoms. The third-order valence-electron chi connectivity index (χ3n) is 7.68. The summed E-state index contributed by atoms with van der Waals surface area (Å²) in [5.41, 5.74) is 4.59. The quantitative estimate of drug-likeness (QED) is 0.166. The molecule has 10 nitrogen and oxygen atoms in total. The molecule has 1 unspecified atom stereocenters. The topological polar surface area (TPSA) is 138 Å². The van der Waals surface area contributed by atoms with Gasteiger partial charge in [0.1, 0.15) is 6.33 Å². The van der Waals surface area contributed by atoms with Crippen LogP contribution in [0.2, 0.25) is 0 Å². The van der Waals surface area contributed by atoms with Gasteiger partial charge >= 0.3 is 6.03 Å². The minimum Gasteiger partial charge on any atom is -0.392 e. The zero-order valence-corrected chi connectivity index (χ0v) is 25.5. The molecule has 1 aliphatic rings. The Kier molecular flexibility index (Phi) is 10.8.